The summed E-state index contributed by atoms with van der Waals surface area (Å²) >= 11 is 0. The summed E-state index contributed by atoms with van der Waals surface area (Å²) in [6, 6.07) is 9.56. The Labute approximate surface area is 195 Å². The van der Waals surface area contributed by atoms with Gasteiger partial charge in [0.15, 0.2) is 11.2 Å². The Morgan fingerprint density at radius 2 is 2.09 bits per heavy atom. The SMILES string of the molecule is CCOCCOc1ccc2cc(-n3nnc4cnc(N[C@@H]5CC[C@@H](C(=O)O)C5)nc43)ccc2n1. The van der Waals surface area contributed by atoms with Gasteiger partial charge >= 0.3 is 5.97 Å². The second-order valence-electron chi connectivity index (χ2n) is 8.17. The number of nitrogens with one attached hydrogen (secondary N) is 1. The van der Waals surface area contributed by atoms with Gasteiger partial charge in [0.25, 0.3) is 0 Å². The molecule has 3 aromatic heterocycles. The van der Waals surface area contributed by atoms with E-state index in [1.54, 1.807) is 10.9 Å². The summed E-state index contributed by atoms with van der Waals surface area (Å²) in [5.41, 5.74) is 2.72. The van der Waals surface area contributed by atoms with Gasteiger partial charge in [-0.25, -0.2) is 9.97 Å². The van der Waals surface area contributed by atoms with E-state index >= 15 is 0 Å². The Bertz CT molecular complexity index is 1330. The van der Waals surface area contributed by atoms with Crippen LogP contribution in [0.1, 0.15) is 26.2 Å². The number of ether oxygens (including phenoxy) is 2. The number of anilines is 1. The Kier molecular flexibility index (Phi) is 6.17. The molecule has 11 nitrogen and oxygen atoms in total. The minimum absolute atomic E-state index is 0.0274. The lowest BCUT2D eigenvalue weighted by molar-refractivity contribution is -0.141. The minimum atomic E-state index is -0.752. The number of hydrogen-bond donors (Lipinski definition) is 2. The van der Waals surface area contributed by atoms with Gasteiger partial charge in [-0.05, 0) is 50.5 Å². The summed E-state index contributed by atoms with van der Waals surface area (Å²) in [6.45, 7) is 3.57. The van der Waals surface area contributed by atoms with Crippen molar-refractivity contribution in [1.29, 1.82) is 0 Å². The molecule has 11 heteroatoms. The Morgan fingerprint density at radius 3 is 2.91 bits per heavy atom. The van der Waals surface area contributed by atoms with Crippen LogP contribution in [0.15, 0.2) is 36.5 Å². The third-order valence-electron chi connectivity index (χ3n) is 5.88. The van der Waals surface area contributed by atoms with Gasteiger partial charge < -0.3 is 19.9 Å². The number of benzene rings is 1. The Hall–Kier alpha value is -3.86. The van der Waals surface area contributed by atoms with Crippen LogP contribution in [0, 0.1) is 5.92 Å². The smallest absolute Gasteiger partial charge is 0.306 e. The topological polar surface area (TPSA) is 137 Å². The average Bonchev–Trinajstić information content (AvgIpc) is 3.49. The number of carboxylic acid groups (broad SMARTS) is 1. The molecule has 0 unspecified atom stereocenters. The van der Waals surface area contributed by atoms with Gasteiger partial charge in [0, 0.05) is 24.1 Å². The van der Waals surface area contributed by atoms with Crippen LogP contribution in [0.3, 0.4) is 0 Å². The molecule has 0 bridgehead atoms. The molecular weight excluding hydrogens is 438 g/mol. The highest BCUT2D eigenvalue weighted by molar-refractivity contribution is 5.82. The number of rotatable bonds is 9. The predicted octanol–water partition coefficient (Wildman–Crippen LogP) is 2.84. The van der Waals surface area contributed by atoms with E-state index in [2.05, 4.69) is 30.6 Å². The first-order valence-electron chi connectivity index (χ1n) is 11.3. The number of hydrogen-bond acceptors (Lipinski definition) is 9. The molecule has 3 heterocycles. The first-order valence-corrected chi connectivity index (χ1v) is 11.3. The number of aliphatic carboxylic acids is 1. The van der Waals surface area contributed by atoms with E-state index in [0.29, 0.717) is 55.7 Å². The lowest BCUT2D eigenvalue weighted by Gasteiger charge is -2.12. The van der Waals surface area contributed by atoms with Crippen molar-refractivity contribution in [3.05, 3.63) is 36.5 Å². The molecule has 2 N–H and O–H groups in total. The standard InChI is InChI=1S/C23H25N7O4/c1-2-33-9-10-34-20-8-4-14-12-17(6-7-18(14)26-20)30-21-19(28-29-30)13-24-23(27-21)25-16-5-3-15(11-16)22(31)32/h4,6-8,12-13,15-16H,2-3,5,9-11H2,1H3,(H,31,32)(H,24,25,27)/t15-,16-/m1/s1. The molecule has 5 rings (SSSR count). The molecule has 1 aliphatic rings. The zero-order valence-electron chi connectivity index (χ0n) is 18.7. The highest BCUT2D eigenvalue weighted by Gasteiger charge is 2.30. The van der Waals surface area contributed by atoms with Crippen molar-refractivity contribution in [3.63, 3.8) is 0 Å². The van der Waals surface area contributed by atoms with Crippen LogP contribution in [0.5, 0.6) is 5.88 Å². The zero-order valence-corrected chi connectivity index (χ0v) is 18.7. The number of pyridine rings is 1. The highest BCUT2D eigenvalue weighted by atomic mass is 16.5. The van der Waals surface area contributed by atoms with E-state index in [1.807, 2.05) is 37.3 Å². The molecule has 1 aromatic carbocycles. The van der Waals surface area contributed by atoms with Gasteiger partial charge in [0.05, 0.1) is 29.9 Å². The van der Waals surface area contributed by atoms with Crippen molar-refractivity contribution in [3.8, 4) is 11.6 Å². The molecule has 1 saturated carbocycles. The molecule has 0 spiro atoms. The van der Waals surface area contributed by atoms with Gasteiger partial charge in [-0.2, -0.15) is 9.67 Å². The summed E-state index contributed by atoms with van der Waals surface area (Å²) in [5.74, 6) is -0.0942. The molecule has 1 fully saturated rings. The number of carbonyl (C=O) groups is 1. The van der Waals surface area contributed by atoms with Gasteiger partial charge in [-0.1, -0.05) is 5.21 Å². The maximum Gasteiger partial charge on any atom is 0.306 e. The Balaban J connectivity index is 1.36. The largest absolute Gasteiger partial charge is 0.481 e. The first-order chi connectivity index (χ1) is 16.6. The third kappa shape index (κ3) is 4.60. The van der Waals surface area contributed by atoms with Crippen LogP contribution in [-0.2, 0) is 9.53 Å². The fourth-order valence-electron chi connectivity index (χ4n) is 4.15. The second kappa shape index (κ2) is 9.56. The van der Waals surface area contributed by atoms with Crippen LogP contribution >= 0.6 is 0 Å². The third-order valence-corrected chi connectivity index (χ3v) is 5.88. The van der Waals surface area contributed by atoms with E-state index in [0.717, 1.165) is 23.0 Å². The summed E-state index contributed by atoms with van der Waals surface area (Å²) < 4.78 is 12.6. The molecule has 1 aliphatic carbocycles. The second-order valence-corrected chi connectivity index (χ2v) is 8.17. The molecule has 34 heavy (non-hydrogen) atoms. The molecule has 2 atom stereocenters. The van der Waals surface area contributed by atoms with Crippen molar-refractivity contribution in [1.82, 2.24) is 29.9 Å². The van der Waals surface area contributed by atoms with Gasteiger partial charge in [-0.3, -0.25) is 4.79 Å². The number of fused-ring (bicyclic) bond motifs is 2. The van der Waals surface area contributed by atoms with E-state index in [1.165, 1.54) is 0 Å². The van der Waals surface area contributed by atoms with E-state index in [4.69, 9.17) is 9.47 Å². The monoisotopic (exact) mass is 463 g/mol. The normalized spacial score (nSPS) is 17.9. The first kappa shape index (κ1) is 22.0. The number of nitrogens with zero attached hydrogens (tertiary/aromatic N) is 6. The van der Waals surface area contributed by atoms with E-state index < -0.39 is 5.97 Å². The maximum atomic E-state index is 11.2. The van der Waals surface area contributed by atoms with Gasteiger partial charge in [-0.15, -0.1) is 5.10 Å². The van der Waals surface area contributed by atoms with Crippen molar-refractivity contribution in [2.24, 2.45) is 5.92 Å². The van der Waals surface area contributed by atoms with Gasteiger partial charge in [0.2, 0.25) is 11.8 Å². The summed E-state index contributed by atoms with van der Waals surface area (Å²) in [5, 5.41) is 21.8. The molecule has 0 amide bonds. The fraction of sp³-hybridized carbons (Fsp3) is 0.391. The quantitative estimate of drug-likeness (QED) is 0.356. The highest BCUT2D eigenvalue weighted by Crippen LogP contribution is 2.28. The lowest BCUT2D eigenvalue weighted by atomic mass is 10.1. The molecule has 0 radical (unpaired) electrons. The van der Waals surface area contributed by atoms with Gasteiger partial charge in [0.1, 0.15) is 6.61 Å². The number of carboxylic acids is 1. The van der Waals surface area contributed by atoms with Crippen LogP contribution in [-0.4, -0.2) is 66.9 Å². The van der Waals surface area contributed by atoms with Crippen LogP contribution in [0.2, 0.25) is 0 Å². The summed E-state index contributed by atoms with van der Waals surface area (Å²) in [6.07, 6.45) is 3.60. The molecule has 0 saturated heterocycles. The van der Waals surface area contributed by atoms with Crippen molar-refractivity contribution in [2.75, 3.05) is 25.1 Å². The maximum absolute atomic E-state index is 11.2. The summed E-state index contributed by atoms with van der Waals surface area (Å²) in [4.78, 5) is 24.7. The molecule has 176 valence electrons. The lowest BCUT2D eigenvalue weighted by Crippen LogP contribution is -2.19. The van der Waals surface area contributed by atoms with Crippen LogP contribution in [0.4, 0.5) is 5.95 Å². The molecule has 0 aliphatic heterocycles. The van der Waals surface area contributed by atoms with Crippen molar-refractivity contribution in [2.45, 2.75) is 32.2 Å². The van der Waals surface area contributed by atoms with Crippen LogP contribution < -0.4 is 10.1 Å². The average molecular weight is 463 g/mol. The van der Waals surface area contributed by atoms with Crippen molar-refractivity contribution < 1.29 is 19.4 Å². The van der Waals surface area contributed by atoms with Crippen molar-refractivity contribution >= 4 is 34.0 Å². The summed E-state index contributed by atoms with van der Waals surface area (Å²) in [7, 11) is 0. The van der Waals surface area contributed by atoms with E-state index in [-0.39, 0.29) is 12.0 Å². The Morgan fingerprint density at radius 1 is 1.18 bits per heavy atom. The fourth-order valence-corrected chi connectivity index (χ4v) is 4.15. The predicted molar refractivity (Wildman–Crippen MR) is 124 cm³/mol. The molecular formula is C23H25N7O4. The zero-order chi connectivity index (χ0) is 23.5. The van der Waals surface area contributed by atoms with Crippen LogP contribution in [0.25, 0.3) is 27.8 Å². The minimum Gasteiger partial charge on any atom is -0.481 e. The molecule has 4 aromatic rings. The van der Waals surface area contributed by atoms with E-state index in [9.17, 15) is 9.90 Å². The number of aromatic nitrogens is 6.